The topological polar surface area (TPSA) is 60.3 Å². The van der Waals surface area contributed by atoms with Crippen molar-refractivity contribution in [3.63, 3.8) is 0 Å². The standard InChI is InChI=1S/C18H18N2O3/c1-4-17(21)23-20-12(3)9-11(2)16(20)10-14-13-7-5-6-8-15(13)19-18(14)22/h5-10H,4H2,1-3H3,(H,19,22)/b14-10-. The van der Waals surface area contributed by atoms with Gasteiger partial charge in [0.15, 0.2) is 0 Å². The number of anilines is 1. The highest BCUT2D eigenvalue weighted by Gasteiger charge is 2.24. The van der Waals surface area contributed by atoms with Gasteiger partial charge in [-0.1, -0.05) is 25.1 Å². The number of carbonyl (C=O) groups is 2. The molecule has 1 amide bonds. The molecule has 1 aliphatic rings. The number of benzene rings is 1. The Kier molecular flexibility index (Phi) is 3.78. The van der Waals surface area contributed by atoms with Crippen LogP contribution in [-0.4, -0.2) is 16.6 Å². The van der Waals surface area contributed by atoms with Crippen LogP contribution in [0.4, 0.5) is 5.69 Å². The lowest BCUT2D eigenvalue weighted by Gasteiger charge is -2.09. The highest BCUT2D eigenvalue weighted by Crippen LogP contribution is 2.33. The molecule has 2 heterocycles. The minimum atomic E-state index is -0.320. The summed E-state index contributed by atoms with van der Waals surface area (Å²) in [6.07, 6.45) is 2.06. The van der Waals surface area contributed by atoms with E-state index < -0.39 is 0 Å². The lowest BCUT2D eigenvalue weighted by Crippen LogP contribution is -2.21. The zero-order valence-electron chi connectivity index (χ0n) is 13.3. The quantitative estimate of drug-likeness (QED) is 0.887. The number of hydrogen-bond acceptors (Lipinski definition) is 3. The Morgan fingerprint density at radius 1 is 1.30 bits per heavy atom. The van der Waals surface area contributed by atoms with Crippen molar-refractivity contribution < 1.29 is 14.4 Å². The van der Waals surface area contributed by atoms with Crippen molar-refractivity contribution in [1.29, 1.82) is 0 Å². The number of aryl methyl sites for hydroxylation is 2. The number of aromatic nitrogens is 1. The Labute approximate surface area is 134 Å². The highest BCUT2D eigenvalue weighted by atomic mass is 16.7. The lowest BCUT2D eigenvalue weighted by atomic mass is 10.1. The molecule has 5 nitrogen and oxygen atoms in total. The van der Waals surface area contributed by atoms with E-state index in [2.05, 4.69) is 5.32 Å². The summed E-state index contributed by atoms with van der Waals surface area (Å²) in [4.78, 5) is 29.3. The zero-order chi connectivity index (χ0) is 16.6. The van der Waals surface area contributed by atoms with E-state index >= 15 is 0 Å². The third-order valence-electron chi connectivity index (χ3n) is 3.84. The van der Waals surface area contributed by atoms with Crippen molar-refractivity contribution in [1.82, 2.24) is 4.73 Å². The van der Waals surface area contributed by atoms with Crippen LogP contribution in [0.3, 0.4) is 0 Å². The van der Waals surface area contributed by atoms with Gasteiger partial charge in [-0.25, -0.2) is 4.79 Å². The Balaban J connectivity index is 2.10. The monoisotopic (exact) mass is 310 g/mol. The van der Waals surface area contributed by atoms with Crippen molar-refractivity contribution in [2.75, 3.05) is 5.32 Å². The SMILES string of the molecule is CCC(=O)On1c(C)cc(C)c1/C=C1\C(=O)Nc2ccccc21. The predicted octanol–water partition coefficient (Wildman–Crippen LogP) is 2.96. The van der Waals surface area contributed by atoms with E-state index in [1.807, 2.05) is 44.2 Å². The Morgan fingerprint density at radius 3 is 2.78 bits per heavy atom. The molecule has 1 aromatic heterocycles. The van der Waals surface area contributed by atoms with Crippen LogP contribution in [-0.2, 0) is 9.59 Å². The van der Waals surface area contributed by atoms with Gasteiger partial charge in [-0.05, 0) is 37.6 Å². The largest absolute Gasteiger partial charge is 0.336 e. The molecule has 3 rings (SSSR count). The molecule has 5 heteroatoms. The van der Waals surface area contributed by atoms with Crippen LogP contribution in [0.25, 0.3) is 11.6 Å². The van der Waals surface area contributed by atoms with Gasteiger partial charge in [0, 0.05) is 17.7 Å². The second kappa shape index (κ2) is 5.76. The minimum absolute atomic E-state index is 0.155. The molecule has 23 heavy (non-hydrogen) atoms. The Morgan fingerprint density at radius 2 is 2.04 bits per heavy atom. The van der Waals surface area contributed by atoms with Gasteiger partial charge in [-0.15, -0.1) is 0 Å². The number of para-hydroxylation sites is 1. The van der Waals surface area contributed by atoms with Gasteiger partial charge in [-0.2, -0.15) is 4.73 Å². The maximum absolute atomic E-state index is 12.2. The first-order valence-electron chi connectivity index (χ1n) is 7.53. The smallest absolute Gasteiger partial charge is 0.332 e. The summed E-state index contributed by atoms with van der Waals surface area (Å²) < 4.78 is 1.49. The molecule has 1 aliphatic heterocycles. The van der Waals surface area contributed by atoms with Gasteiger partial charge in [0.1, 0.15) is 0 Å². The van der Waals surface area contributed by atoms with Crippen molar-refractivity contribution in [3.8, 4) is 0 Å². The van der Waals surface area contributed by atoms with Gasteiger partial charge >= 0.3 is 5.97 Å². The number of nitrogens with zero attached hydrogens (tertiary/aromatic N) is 1. The summed E-state index contributed by atoms with van der Waals surface area (Å²) >= 11 is 0. The van der Waals surface area contributed by atoms with Crippen molar-refractivity contribution in [2.45, 2.75) is 27.2 Å². The van der Waals surface area contributed by atoms with Gasteiger partial charge in [0.2, 0.25) is 0 Å². The number of amides is 1. The van der Waals surface area contributed by atoms with Crippen LogP contribution in [0.15, 0.2) is 30.3 Å². The first-order valence-corrected chi connectivity index (χ1v) is 7.53. The van der Waals surface area contributed by atoms with Gasteiger partial charge < -0.3 is 10.2 Å². The molecule has 1 N–H and O–H groups in total. The molecule has 0 atom stereocenters. The van der Waals surface area contributed by atoms with E-state index in [4.69, 9.17) is 4.84 Å². The number of fused-ring (bicyclic) bond motifs is 1. The number of rotatable bonds is 3. The molecule has 2 aromatic rings. The van der Waals surface area contributed by atoms with Crippen LogP contribution >= 0.6 is 0 Å². The van der Waals surface area contributed by atoms with Crippen molar-refractivity contribution in [3.05, 3.63) is 52.8 Å². The summed E-state index contributed by atoms with van der Waals surface area (Å²) in [5.74, 6) is -0.475. The van der Waals surface area contributed by atoms with E-state index in [1.54, 1.807) is 13.0 Å². The van der Waals surface area contributed by atoms with Crippen LogP contribution in [0, 0.1) is 13.8 Å². The average molecular weight is 310 g/mol. The van der Waals surface area contributed by atoms with Crippen molar-refractivity contribution >= 4 is 29.2 Å². The number of hydrogen-bond donors (Lipinski definition) is 1. The molecular weight excluding hydrogens is 292 g/mol. The average Bonchev–Trinajstić information content (AvgIpc) is 2.98. The summed E-state index contributed by atoms with van der Waals surface area (Å²) in [6.45, 7) is 5.53. The maximum atomic E-state index is 12.2. The molecule has 0 unspecified atom stereocenters. The molecule has 0 saturated carbocycles. The maximum Gasteiger partial charge on any atom is 0.332 e. The first-order chi connectivity index (χ1) is 11.0. The van der Waals surface area contributed by atoms with E-state index in [-0.39, 0.29) is 18.3 Å². The number of nitrogens with one attached hydrogen (secondary N) is 1. The molecule has 0 bridgehead atoms. The van der Waals surface area contributed by atoms with Gasteiger partial charge in [0.25, 0.3) is 5.91 Å². The minimum Gasteiger partial charge on any atom is -0.336 e. The fourth-order valence-electron chi connectivity index (χ4n) is 2.68. The van der Waals surface area contributed by atoms with Gasteiger partial charge in [0.05, 0.1) is 17.0 Å². The predicted molar refractivity (Wildman–Crippen MR) is 88.7 cm³/mol. The molecule has 0 aliphatic carbocycles. The molecule has 0 fully saturated rings. The van der Waals surface area contributed by atoms with E-state index in [0.717, 1.165) is 22.5 Å². The van der Waals surface area contributed by atoms with E-state index in [1.165, 1.54) is 4.73 Å². The van der Waals surface area contributed by atoms with Crippen LogP contribution < -0.4 is 10.2 Å². The lowest BCUT2D eigenvalue weighted by molar-refractivity contribution is -0.144. The fourth-order valence-corrected chi connectivity index (χ4v) is 2.68. The summed E-state index contributed by atoms with van der Waals surface area (Å²) in [5.41, 5.74) is 4.66. The molecular formula is C18H18N2O3. The molecule has 1 aromatic carbocycles. The highest BCUT2D eigenvalue weighted by molar-refractivity contribution is 6.34. The first kappa shape index (κ1) is 15.1. The Hall–Kier alpha value is -2.82. The molecule has 118 valence electrons. The van der Waals surface area contributed by atoms with E-state index in [0.29, 0.717) is 11.3 Å². The molecule has 0 saturated heterocycles. The van der Waals surface area contributed by atoms with Gasteiger partial charge in [-0.3, -0.25) is 4.79 Å². The van der Waals surface area contributed by atoms with Crippen LogP contribution in [0.5, 0.6) is 0 Å². The fraction of sp³-hybridized carbons (Fsp3) is 0.222. The normalized spacial score (nSPS) is 14.7. The number of carbonyl (C=O) groups excluding carboxylic acids is 2. The second-order valence-corrected chi connectivity index (χ2v) is 5.52. The van der Waals surface area contributed by atoms with Crippen molar-refractivity contribution in [2.24, 2.45) is 0 Å². The molecule has 0 spiro atoms. The summed E-state index contributed by atoms with van der Waals surface area (Å²) in [7, 11) is 0. The third-order valence-corrected chi connectivity index (χ3v) is 3.84. The zero-order valence-corrected chi connectivity index (χ0v) is 13.3. The molecule has 0 radical (unpaired) electrons. The third kappa shape index (κ3) is 2.65. The summed E-state index contributed by atoms with van der Waals surface area (Å²) in [5, 5.41) is 2.84. The summed E-state index contributed by atoms with van der Waals surface area (Å²) in [6, 6.07) is 9.45. The van der Waals surface area contributed by atoms with E-state index in [9.17, 15) is 9.59 Å². The van der Waals surface area contributed by atoms with Crippen LogP contribution in [0.2, 0.25) is 0 Å². The van der Waals surface area contributed by atoms with Crippen LogP contribution in [0.1, 0.15) is 35.9 Å². The second-order valence-electron chi connectivity index (χ2n) is 5.52. The Bertz CT molecular complexity index is 831.